The Bertz CT molecular complexity index is 398. The number of carbonyl (C=O) groups is 1. The fraction of sp³-hybridized carbons (Fsp3) is 0.583. The predicted octanol–water partition coefficient (Wildman–Crippen LogP) is 1.12. The summed E-state index contributed by atoms with van der Waals surface area (Å²) >= 11 is 0. The molecule has 0 aliphatic carbocycles. The number of esters is 1. The normalized spacial score (nSPS) is 12.0. The van der Waals surface area contributed by atoms with Gasteiger partial charge in [0.2, 0.25) is 0 Å². The summed E-state index contributed by atoms with van der Waals surface area (Å²) in [7, 11) is 2.97. The minimum absolute atomic E-state index is 0.155. The van der Waals surface area contributed by atoms with E-state index in [9.17, 15) is 4.79 Å². The molecule has 0 aliphatic rings. The average Bonchev–Trinajstić information content (AvgIpc) is 2.39. The van der Waals surface area contributed by atoms with Crippen molar-refractivity contribution >= 4 is 11.8 Å². The van der Waals surface area contributed by atoms with Crippen molar-refractivity contribution in [1.82, 2.24) is 9.97 Å². The molecule has 18 heavy (non-hydrogen) atoms. The number of carbonyl (C=O) groups excluding carboxylic acids is 1. The van der Waals surface area contributed by atoms with E-state index in [1.807, 2.05) is 18.7 Å². The maximum Gasteiger partial charge on any atom is 0.358 e. The lowest BCUT2D eigenvalue weighted by molar-refractivity contribution is 0.0593. The number of hydrogen-bond acceptors (Lipinski definition) is 6. The van der Waals surface area contributed by atoms with Crippen molar-refractivity contribution in [2.24, 2.45) is 0 Å². The molecule has 0 saturated heterocycles. The Hall–Kier alpha value is -1.69. The molecule has 6 heteroatoms. The first kappa shape index (κ1) is 14.4. The van der Waals surface area contributed by atoms with Gasteiger partial charge in [-0.25, -0.2) is 9.78 Å². The van der Waals surface area contributed by atoms with Crippen LogP contribution < -0.4 is 4.90 Å². The van der Waals surface area contributed by atoms with Crippen LogP contribution in [0.25, 0.3) is 0 Å². The molecule has 1 aromatic heterocycles. The zero-order valence-corrected chi connectivity index (χ0v) is 11.2. The van der Waals surface area contributed by atoms with Crippen molar-refractivity contribution in [1.29, 1.82) is 0 Å². The maximum atomic E-state index is 11.4. The van der Waals surface area contributed by atoms with Crippen molar-refractivity contribution in [2.75, 3.05) is 32.3 Å². The highest BCUT2D eigenvalue weighted by molar-refractivity contribution is 5.87. The average molecular weight is 253 g/mol. The molecule has 0 aromatic carbocycles. The molecule has 1 aromatic rings. The second-order valence-corrected chi connectivity index (χ2v) is 3.84. The van der Waals surface area contributed by atoms with E-state index < -0.39 is 5.97 Å². The molecule has 0 radical (unpaired) electrons. The Morgan fingerprint density at radius 3 is 2.72 bits per heavy atom. The number of nitrogens with zero attached hydrogens (tertiary/aromatic N) is 3. The third-order valence-electron chi connectivity index (χ3n) is 2.59. The first-order chi connectivity index (χ1) is 8.63. The summed E-state index contributed by atoms with van der Waals surface area (Å²) in [6, 6.07) is 0.155. The standard InChI is InChI=1S/C12H19N3O3/c1-5-15(9(2)8-17-3)11-7-13-6-10(14-11)12(16)18-4/h6-7,9H,5,8H2,1-4H3. The Kier molecular flexibility index (Phi) is 5.51. The van der Waals surface area contributed by atoms with Gasteiger partial charge in [0, 0.05) is 13.7 Å². The fourth-order valence-corrected chi connectivity index (χ4v) is 1.73. The van der Waals surface area contributed by atoms with Gasteiger partial charge in [-0.15, -0.1) is 0 Å². The van der Waals surface area contributed by atoms with E-state index in [1.54, 1.807) is 13.3 Å². The van der Waals surface area contributed by atoms with Crippen molar-refractivity contribution < 1.29 is 14.3 Å². The van der Waals surface area contributed by atoms with Crippen LogP contribution >= 0.6 is 0 Å². The maximum absolute atomic E-state index is 11.4. The smallest absolute Gasteiger partial charge is 0.358 e. The zero-order chi connectivity index (χ0) is 13.5. The lowest BCUT2D eigenvalue weighted by Gasteiger charge is -2.28. The molecule has 0 aliphatic heterocycles. The highest BCUT2D eigenvalue weighted by Crippen LogP contribution is 2.13. The van der Waals surface area contributed by atoms with Crippen LogP contribution in [0.15, 0.2) is 12.4 Å². The lowest BCUT2D eigenvalue weighted by Crippen LogP contribution is -2.37. The Morgan fingerprint density at radius 1 is 1.44 bits per heavy atom. The number of methoxy groups -OCH3 is 2. The summed E-state index contributed by atoms with van der Waals surface area (Å²) in [5, 5.41) is 0. The molecule has 0 saturated carbocycles. The van der Waals surface area contributed by atoms with Crippen LogP contribution in [0.3, 0.4) is 0 Å². The number of ether oxygens (including phenoxy) is 2. The van der Waals surface area contributed by atoms with Gasteiger partial charge in [0.15, 0.2) is 5.69 Å². The van der Waals surface area contributed by atoms with Gasteiger partial charge in [0.1, 0.15) is 5.82 Å². The fourth-order valence-electron chi connectivity index (χ4n) is 1.73. The molecule has 6 nitrogen and oxygen atoms in total. The van der Waals surface area contributed by atoms with Gasteiger partial charge in [-0.3, -0.25) is 4.98 Å². The molecule has 100 valence electrons. The van der Waals surface area contributed by atoms with Gasteiger partial charge in [-0.1, -0.05) is 0 Å². The zero-order valence-electron chi connectivity index (χ0n) is 11.2. The minimum Gasteiger partial charge on any atom is -0.464 e. The van der Waals surface area contributed by atoms with Crippen LogP contribution in [0.4, 0.5) is 5.82 Å². The highest BCUT2D eigenvalue weighted by Gasteiger charge is 2.16. The highest BCUT2D eigenvalue weighted by atomic mass is 16.5. The third-order valence-corrected chi connectivity index (χ3v) is 2.59. The summed E-state index contributed by atoms with van der Waals surface area (Å²) in [6.07, 6.45) is 3.02. The number of anilines is 1. The molecule has 0 amide bonds. The molecule has 0 spiro atoms. The van der Waals surface area contributed by atoms with E-state index in [0.29, 0.717) is 12.4 Å². The van der Waals surface area contributed by atoms with Gasteiger partial charge in [-0.05, 0) is 13.8 Å². The largest absolute Gasteiger partial charge is 0.464 e. The summed E-state index contributed by atoms with van der Waals surface area (Å²) in [6.45, 7) is 5.37. The number of rotatable bonds is 6. The third kappa shape index (κ3) is 3.40. The molecule has 1 unspecified atom stereocenters. The molecule has 1 heterocycles. The van der Waals surface area contributed by atoms with Gasteiger partial charge >= 0.3 is 5.97 Å². The minimum atomic E-state index is -0.486. The first-order valence-electron chi connectivity index (χ1n) is 5.80. The van der Waals surface area contributed by atoms with Crippen molar-refractivity contribution in [3.63, 3.8) is 0 Å². The van der Waals surface area contributed by atoms with E-state index in [2.05, 4.69) is 14.7 Å². The van der Waals surface area contributed by atoms with E-state index in [4.69, 9.17) is 4.74 Å². The van der Waals surface area contributed by atoms with Gasteiger partial charge < -0.3 is 14.4 Å². The molecule has 0 fully saturated rings. The summed E-state index contributed by atoms with van der Waals surface area (Å²) < 4.78 is 9.75. The van der Waals surface area contributed by atoms with E-state index >= 15 is 0 Å². The molecular formula is C12H19N3O3. The first-order valence-corrected chi connectivity index (χ1v) is 5.80. The Balaban J connectivity index is 2.95. The molecular weight excluding hydrogens is 234 g/mol. The van der Waals surface area contributed by atoms with Gasteiger partial charge in [-0.2, -0.15) is 0 Å². The van der Waals surface area contributed by atoms with Crippen LogP contribution in [-0.4, -0.2) is 49.4 Å². The van der Waals surface area contributed by atoms with Gasteiger partial charge in [0.25, 0.3) is 0 Å². The summed E-state index contributed by atoms with van der Waals surface area (Å²) in [5.74, 6) is 0.157. The Labute approximate surface area is 107 Å². The number of aromatic nitrogens is 2. The van der Waals surface area contributed by atoms with Crippen LogP contribution in [0.5, 0.6) is 0 Å². The number of likely N-dealkylation sites (N-methyl/N-ethyl adjacent to an activating group) is 1. The van der Waals surface area contributed by atoms with E-state index in [0.717, 1.165) is 6.54 Å². The van der Waals surface area contributed by atoms with Crippen molar-refractivity contribution in [2.45, 2.75) is 19.9 Å². The predicted molar refractivity (Wildman–Crippen MR) is 67.7 cm³/mol. The van der Waals surface area contributed by atoms with Crippen LogP contribution in [-0.2, 0) is 9.47 Å². The van der Waals surface area contributed by atoms with Crippen LogP contribution in [0, 0.1) is 0 Å². The summed E-state index contributed by atoms with van der Waals surface area (Å²) in [4.78, 5) is 21.7. The monoisotopic (exact) mass is 253 g/mol. The van der Waals surface area contributed by atoms with E-state index in [1.165, 1.54) is 13.3 Å². The SMILES string of the molecule is CCN(c1cncc(C(=O)OC)n1)C(C)COC. The second-order valence-electron chi connectivity index (χ2n) is 3.84. The second kappa shape index (κ2) is 6.90. The topological polar surface area (TPSA) is 64.6 Å². The quantitative estimate of drug-likeness (QED) is 0.708. The molecule has 0 N–H and O–H groups in total. The molecule has 0 bridgehead atoms. The van der Waals surface area contributed by atoms with Crippen LogP contribution in [0.1, 0.15) is 24.3 Å². The van der Waals surface area contributed by atoms with Crippen molar-refractivity contribution in [3.8, 4) is 0 Å². The van der Waals surface area contributed by atoms with Gasteiger partial charge in [0.05, 0.1) is 32.2 Å². The summed E-state index contributed by atoms with van der Waals surface area (Å²) in [5.41, 5.74) is 0.207. The number of hydrogen-bond donors (Lipinski definition) is 0. The molecule has 1 rings (SSSR count). The van der Waals surface area contributed by atoms with Crippen LogP contribution in [0.2, 0.25) is 0 Å². The lowest BCUT2D eigenvalue weighted by atomic mass is 10.3. The van der Waals surface area contributed by atoms with Crippen molar-refractivity contribution in [3.05, 3.63) is 18.1 Å². The van der Waals surface area contributed by atoms with E-state index in [-0.39, 0.29) is 11.7 Å². The molecule has 1 atom stereocenters. The Morgan fingerprint density at radius 2 is 2.17 bits per heavy atom.